The molecule has 7 heteroatoms. The average Bonchev–Trinajstić information content (AvgIpc) is 2.75. The van der Waals surface area contributed by atoms with E-state index in [-0.39, 0.29) is 5.91 Å². The molecule has 4 N–H and O–H groups in total. The molecule has 2 aromatic rings. The van der Waals surface area contributed by atoms with Gasteiger partial charge in [-0.3, -0.25) is 14.6 Å². The van der Waals surface area contributed by atoms with Gasteiger partial charge in [-0.2, -0.15) is 10.2 Å². The third-order valence-electron chi connectivity index (χ3n) is 2.48. The summed E-state index contributed by atoms with van der Waals surface area (Å²) in [7, 11) is 1.76. The first-order chi connectivity index (χ1) is 7.99. The number of nitrogens with two attached hydrogens (primary N) is 1. The van der Waals surface area contributed by atoms with Crippen LogP contribution in [0.4, 0.5) is 11.5 Å². The number of hydrogen-bond donors (Lipinski definition) is 3. The fraction of sp³-hybridized carbons (Fsp3) is 0.300. The number of anilines is 2. The monoisotopic (exact) mass is 234 g/mol. The van der Waals surface area contributed by atoms with Gasteiger partial charge in [0.15, 0.2) is 5.82 Å². The molecule has 0 aromatic carbocycles. The molecule has 90 valence electrons. The molecule has 1 amide bonds. The number of rotatable bonds is 2. The van der Waals surface area contributed by atoms with Gasteiger partial charge < -0.3 is 11.1 Å². The number of nitrogen functional groups attached to an aromatic ring is 1. The fourth-order valence-corrected chi connectivity index (χ4v) is 1.53. The summed E-state index contributed by atoms with van der Waals surface area (Å²) in [5.74, 6) is 0.0737. The van der Waals surface area contributed by atoms with E-state index in [4.69, 9.17) is 5.73 Å². The number of nitrogens with one attached hydrogen (secondary N) is 2. The third kappa shape index (κ3) is 1.99. The molecule has 0 atom stereocenters. The van der Waals surface area contributed by atoms with Gasteiger partial charge >= 0.3 is 0 Å². The van der Waals surface area contributed by atoms with Crippen LogP contribution in [0.25, 0.3) is 0 Å². The van der Waals surface area contributed by atoms with Crippen molar-refractivity contribution in [3.8, 4) is 0 Å². The summed E-state index contributed by atoms with van der Waals surface area (Å²) >= 11 is 0. The Morgan fingerprint density at radius 3 is 2.71 bits per heavy atom. The maximum Gasteiger partial charge on any atom is 0.260 e. The zero-order valence-corrected chi connectivity index (χ0v) is 9.90. The number of H-pyrrole nitrogens is 1. The summed E-state index contributed by atoms with van der Waals surface area (Å²) in [6, 6.07) is 0. The van der Waals surface area contributed by atoms with Crippen LogP contribution >= 0.6 is 0 Å². The molecule has 2 aromatic heterocycles. The van der Waals surface area contributed by atoms with E-state index in [0.29, 0.717) is 22.8 Å². The standard InChI is InChI=1S/C10H14N6O/c1-5-7(4-16(3)15-5)10(17)12-9-8(11)6(2)13-14-9/h4H,11H2,1-3H3,(H2,12,13,14,17). The maximum absolute atomic E-state index is 11.9. The molecule has 2 rings (SSSR count). The van der Waals surface area contributed by atoms with Crippen LogP contribution in [-0.2, 0) is 7.05 Å². The SMILES string of the molecule is Cc1nn(C)cc1C(=O)Nc1n[nH]c(C)c1N. The quantitative estimate of drug-likeness (QED) is 0.707. The van der Waals surface area contributed by atoms with E-state index in [2.05, 4.69) is 20.6 Å². The summed E-state index contributed by atoms with van der Waals surface area (Å²) in [6.07, 6.45) is 1.65. The summed E-state index contributed by atoms with van der Waals surface area (Å²) in [4.78, 5) is 11.9. The largest absolute Gasteiger partial charge is 0.394 e. The van der Waals surface area contributed by atoms with Crippen molar-refractivity contribution >= 4 is 17.4 Å². The van der Waals surface area contributed by atoms with Crippen LogP contribution in [0, 0.1) is 13.8 Å². The van der Waals surface area contributed by atoms with Gasteiger partial charge in [0.1, 0.15) is 0 Å². The van der Waals surface area contributed by atoms with Crippen molar-refractivity contribution in [3.63, 3.8) is 0 Å². The molecule has 0 fully saturated rings. The normalized spacial score (nSPS) is 10.5. The number of amides is 1. The summed E-state index contributed by atoms with van der Waals surface area (Å²) in [5.41, 5.74) is 8.08. The van der Waals surface area contributed by atoms with Crippen molar-refractivity contribution in [2.45, 2.75) is 13.8 Å². The molecule has 0 spiro atoms. The van der Waals surface area contributed by atoms with Crippen molar-refractivity contribution in [2.75, 3.05) is 11.1 Å². The van der Waals surface area contributed by atoms with E-state index < -0.39 is 0 Å². The number of aryl methyl sites for hydroxylation is 3. The molecule has 2 heterocycles. The zero-order valence-electron chi connectivity index (χ0n) is 9.90. The molecule has 0 aliphatic rings. The molecular weight excluding hydrogens is 220 g/mol. The second-order valence-electron chi connectivity index (χ2n) is 3.87. The molecule has 0 saturated carbocycles. The number of aromatic amines is 1. The van der Waals surface area contributed by atoms with E-state index in [9.17, 15) is 4.79 Å². The van der Waals surface area contributed by atoms with E-state index in [0.717, 1.165) is 5.69 Å². The zero-order chi connectivity index (χ0) is 12.6. The highest BCUT2D eigenvalue weighted by Crippen LogP contribution is 2.19. The van der Waals surface area contributed by atoms with Crippen molar-refractivity contribution in [1.82, 2.24) is 20.0 Å². The Hall–Kier alpha value is -2.31. The smallest absolute Gasteiger partial charge is 0.260 e. The van der Waals surface area contributed by atoms with Crippen LogP contribution in [0.5, 0.6) is 0 Å². The summed E-state index contributed by atoms with van der Waals surface area (Å²) in [5, 5.41) is 13.4. The lowest BCUT2D eigenvalue weighted by Crippen LogP contribution is -2.13. The van der Waals surface area contributed by atoms with E-state index in [1.54, 1.807) is 31.8 Å². The van der Waals surface area contributed by atoms with Gasteiger partial charge in [-0.05, 0) is 13.8 Å². The van der Waals surface area contributed by atoms with Gasteiger partial charge in [0.25, 0.3) is 5.91 Å². The predicted octanol–water partition coefficient (Wildman–Crippen LogP) is 0.595. The maximum atomic E-state index is 11.9. The van der Waals surface area contributed by atoms with Crippen molar-refractivity contribution < 1.29 is 4.79 Å². The third-order valence-corrected chi connectivity index (χ3v) is 2.48. The van der Waals surface area contributed by atoms with Gasteiger partial charge in [0.05, 0.1) is 22.6 Å². The Kier molecular flexibility index (Phi) is 2.58. The van der Waals surface area contributed by atoms with Crippen molar-refractivity contribution in [2.24, 2.45) is 7.05 Å². The number of carbonyl (C=O) groups excluding carboxylic acids is 1. The minimum absolute atomic E-state index is 0.270. The summed E-state index contributed by atoms with van der Waals surface area (Å²) in [6.45, 7) is 3.56. The van der Waals surface area contributed by atoms with Gasteiger partial charge in [-0.25, -0.2) is 0 Å². The molecule has 0 radical (unpaired) electrons. The minimum Gasteiger partial charge on any atom is -0.394 e. The average molecular weight is 234 g/mol. The Bertz CT molecular complexity index is 567. The first-order valence-electron chi connectivity index (χ1n) is 5.11. The molecular formula is C10H14N6O. The van der Waals surface area contributed by atoms with E-state index >= 15 is 0 Å². The lowest BCUT2D eigenvalue weighted by atomic mass is 10.2. The number of hydrogen-bond acceptors (Lipinski definition) is 4. The predicted molar refractivity (Wildman–Crippen MR) is 63.6 cm³/mol. The van der Waals surface area contributed by atoms with E-state index in [1.807, 2.05) is 0 Å². The second-order valence-corrected chi connectivity index (χ2v) is 3.87. The van der Waals surface area contributed by atoms with Crippen LogP contribution in [0.3, 0.4) is 0 Å². The Balaban J connectivity index is 2.23. The molecule has 0 bridgehead atoms. The topological polar surface area (TPSA) is 102 Å². The first-order valence-corrected chi connectivity index (χ1v) is 5.11. The van der Waals surface area contributed by atoms with Crippen LogP contribution < -0.4 is 11.1 Å². The van der Waals surface area contributed by atoms with Gasteiger partial charge in [-0.1, -0.05) is 0 Å². The second kappa shape index (κ2) is 3.93. The lowest BCUT2D eigenvalue weighted by Gasteiger charge is -2.01. The molecule has 7 nitrogen and oxygen atoms in total. The fourth-order valence-electron chi connectivity index (χ4n) is 1.53. The highest BCUT2D eigenvalue weighted by Gasteiger charge is 2.15. The number of nitrogens with zero attached hydrogens (tertiary/aromatic N) is 3. The van der Waals surface area contributed by atoms with Crippen molar-refractivity contribution in [3.05, 3.63) is 23.1 Å². The first kappa shape index (κ1) is 11.2. The Morgan fingerprint density at radius 1 is 1.53 bits per heavy atom. The number of aromatic nitrogens is 4. The number of carbonyl (C=O) groups is 1. The van der Waals surface area contributed by atoms with Gasteiger partial charge in [0, 0.05) is 13.2 Å². The van der Waals surface area contributed by atoms with E-state index in [1.165, 1.54) is 0 Å². The molecule has 0 aliphatic carbocycles. The van der Waals surface area contributed by atoms with Crippen LogP contribution in [0.15, 0.2) is 6.20 Å². The molecule has 0 saturated heterocycles. The van der Waals surface area contributed by atoms with Crippen LogP contribution in [0.1, 0.15) is 21.7 Å². The Labute approximate surface area is 98.0 Å². The Morgan fingerprint density at radius 2 is 2.24 bits per heavy atom. The van der Waals surface area contributed by atoms with Crippen LogP contribution in [0.2, 0.25) is 0 Å². The van der Waals surface area contributed by atoms with Gasteiger partial charge in [-0.15, -0.1) is 0 Å². The highest BCUT2D eigenvalue weighted by molar-refractivity contribution is 6.05. The lowest BCUT2D eigenvalue weighted by molar-refractivity contribution is 0.102. The molecule has 0 unspecified atom stereocenters. The molecule has 17 heavy (non-hydrogen) atoms. The molecule has 0 aliphatic heterocycles. The van der Waals surface area contributed by atoms with Crippen molar-refractivity contribution in [1.29, 1.82) is 0 Å². The highest BCUT2D eigenvalue weighted by atomic mass is 16.1. The minimum atomic E-state index is -0.270. The summed E-state index contributed by atoms with van der Waals surface area (Å²) < 4.78 is 1.59. The van der Waals surface area contributed by atoms with Crippen LogP contribution in [-0.4, -0.2) is 25.9 Å². The van der Waals surface area contributed by atoms with Gasteiger partial charge in [0.2, 0.25) is 0 Å².